The number of carbonyl (C=O) groups is 2. The van der Waals surface area contributed by atoms with Gasteiger partial charge in [0.2, 0.25) is 0 Å². The average molecular weight is 237 g/mol. The third kappa shape index (κ3) is 3.46. The van der Waals surface area contributed by atoms with Crippen LogP contribution in [0.4, 0.5) is 11.4 Å². The zero-order valence-electron chi connectivity index (χ0n) is 9.53. The van der Waals surface area contributed by atoms with E-state index in [1.54, 1.807) is 19.1 Å². The summed E-state index contributed by atoms with van der Waals surface area (Å²) in [5, 5.41) is 0. The van der Waals surface area contributed by atoms with Crippen LogP contribution < -0.4 is 17.0 Å². The molecule has 0 amide bonds. The highest BCUT2D eigenvalue weighted by molar-refractivity contribution is 6.06. The molecule has 0 aliphatic rings. The van der Waals surface area contributed by atoms with E-state index < -0.39 is 5.97 Å². The molecule has 6 heteroatoms. The predicted octanol–water partition coefficient (Wildman–Crippen LogP) is 0.690. The Hall–Kier alpha value is -2.08. The molecule has 0 saturated carbocycles. The SMILES string of the molecule is CCOC(=O)CC(=O)c1ccc(NN)c(N)c1. The van der Waals surface area contributed by atoms with E-state index in [0.29, 0.717) is 16.9 Å². The molecule has 0 atom stereocenters. The predicted molar refractivity (Wildman–Crippen MR) is 64.2 cm³/mol. The van der Waals surface area contributed by atoms with Crippen LogP contribution in [0.15, 0.2) is 18.2 Å². The molecule has 17 heavy (non-hydrogen) atoms. The van der Waals surface area contributed by atoms with Gasteiger partial charge in [-0.05, 0) is 25.1 Å². The number of nitrogen functional groups attached to an aromatic ring is 2. The maximum absolute atomic E-state index is 11.7. The lowest BCUT2D eigenvalue weighted by molar-refractivity contribution is -0.141. The van der Waals surface area contributed by atoms with Crippen LogP contribution in [-0.4, -0.2) is 18.4 Å². The highest BCUT2D eigenvalue weighted by Gasteiger charge is 2.13. The normalized spacial score (nSPS) is 9.76. The number of nitrogens with one attached hydrogen (secondary N) is 1. The highest BCUT2D eigenvalue weighted by Crippen LogP contribution is 2.19. The number of nitrogens with two attached hydrogens (primary N) is 2. The topological polar surface area (TPSA) is 107 Å². The van der Waals surface area contributed by atoms with Crippen LogP contribution in [0.3, 0.4) is 0 Å². The summed E-state index contributed by atoms with van der Waals surface area (Å²) in [4.78, 5) is 22.8. The number of benzene rings is 1. The van der Waals surface area contributed by atoms with Crippen molar-refractivity contribution in [3.8, 4) is 0 Å². The van der Waals surface area contributed by atoms with Gasteiger partial charge in [-0.1, -0.05) is 0 Å². The monoisotopic (exact) mass is 237 g/mol. The summed E-state index contributed by atoms with van der Waals surface area (Å²) in [6, 6.07) is 4.59. The van der Waals surface area contributed by atoms with Crippen LogP contribution in [-0.2, 0) is 9.53 Å². The molecule has 0 spiro atoms. The van der Waals surface area contributed by atoms with E-state index in [1.165, 1.54) is 6.07 Å². The Morgan fingerprint density at radius 2 is 2.12 bits per heavy atom. The van der Waals surface area contributed by atoms with E-state index in [4.69, 9.17) is 11.6 Å². The number of rotatable bonds is 5. The minimum atomic E-state index is -0.544. The maximum Gasteiger partial charge on any atom is 0.313 e. The van der Waals surface area contributed by atoms with Gasteiger partial charge in [-0.25, -0.2) is 0 Å². The zero-order valence-corrected chi connectivity index (χ0v) is 9.53. The van der Waals surface area contributed by atoms with Gasteiger partial charge in [0.15, 0.2) is 5.78 Å². The summed E-state index contributed by atoms with van der Waals surface area (Å²) in [6.07, 6.45) is -0.289. The largest absolute Gasteiger partial charge is 0.466 e. The fourth-order valence-corrected chi connectivity index (χ4v) is 1.31. The average Bonchev–Trinajstić information content (AvgIpc) is 2.29. The fraction of sp³-hybridized carbons (Fsp3) is 0.273. The second-order valence-corrected chi connectivity index (χ2v) is 3.35. The molecule has 0 bridgehead atoms. The number of esters is 1. The van der Waals surface area contributed by atoms with E-state index in [9.17, 15) is 9.59 Å². The van der Waals surface area contributed by atoms with Crippen molar-refractivity contribution in [3.05, 3.63) is 23.8 Å². The first-order chi connectivity index (χ1) is 8.08. The van der Waals surface area contributed by atoms with Gasteiger partial charge in [0.05, 0.1) is 18.0 Å². The molecule has 0 aromatic heterocycles. The number of ketones is 1. The molecular formula is C11H15N3O3. The second kappa shape index (κ2) is 5.86. The quantitative estimate of drug-likeness (QED) is 0.174. The van der Waals surface area contributed by atoms with Crippen molar-refractivity contribution in [1.82, 2.24) is 0 Å². The third-order valence-electron chi connectivity index (χ3n) is 2.14. The number of hydrogen-bond donors (Lipinski definition) is 3. The molecule has 0 radical (unpaired) electrons. The first-order valence-electron chi connectivity index (χ1n) is 5.13. The van der Waals surface area contributed by atoms with E-state index in [-0.39, 0.29) is 18.8 Å². The molecule has 1 rings (SSSR count). The van der Waals surface area contributed by atoms with E-state index >= 15 is 0 Å². The Bertz CT molecular complexity index is 432. The van der Waals surface area contributed by atoms with Crippen molar-refractivity contribution in [1.29, 1.82) is 0 Å². The summed E-state index contributed by atoms with van der Waals surface area (Å²) in [5.41, 5.74) is 9.27. The molecule has 1 aromatic carbocycles. The highest BCUT2D eigenvalue weighted by atomic mass is 16.5. The molecule has 92 valence electrons. The van der Waals surface area contributed by atoms with E-state index in [2.05, 4.69) is 10.2 Å². The van der Waals surface area contributed by atoms with Crippen molar-refractivity contribution in [3.63, 3.8) is 0 Å². The summed E-state index contributed by atoms with van der Waals surface area (Å²) in [6.45, 7) is 1.94. The van der Waals surface area contributed by atoms with Crippen molar-refractivity contribution in [2.24, 2.45) is 5.84 Å². The van der Waals surface area contributed by atoms with Crippen LogP contribution >= 0.6 is 0 Å². The van der Waals surface area contributed by atoms with Crippen LogP contribution in [0.5, 0.6) is 0 Å². The summed E-state index contributed by atoms with van der Waals surface area (Å²) >= 11 is 0. The van der Waals surface area contributed by atoms with E-state index in [1.807, 2.05) is 0 Å². The molecule has 0 fully saturated rings. The number of ether oxygens (including phenoxy) is 1. The Kier molecular flexibility index (Phi) is 4.47. The van der Waals surface area contributed by atoms with Gasteiger partial charge in [-0.3, -0.25) is 15.4 Å². The number of hydrogen-bond acceptors (Lipinski definition) is 6. The summed E-state index contributed by atoms with van der Waals surface area (Å²) in [5.74, 6) is 4.33. The molecule has 1 aromatic rings. The van der Waals surface area contributed by atoms with Crippen molar-refractivity contribution >= 4 is 23.1 Å². The van der Waals surface area contributed by atoms with Gasteiger partial charge in [0.1, 0.15) is 6.42 Å². The van der Waals surface area contributed by atoms with Gasteiger partial charge < -0.3 is 15.9 Å². The molecule has 0 heterocycles. The Balaban J connectivity index is 2.76. The Labute approximate surface area is 98.9 Å². The Morgan fingerprint density at radius 1 is 1.41 bits per heavy atom. The van der Waals surface area contributed by atoms with Crippen molar-refractivity contribution in [2.45, 2.75) is 13.3 Å². The second-order valence-electron chi connectivity index (χ2n) is 3.35. The van der Waals surface area contributed by atoms with Crippen molar-refractivity contribution < 1.29 is 14.3 Å². The molecule has 0 saturated heterocycles. The van der Waals surface area contributed by atoms with Crippen LogP contribution in [0.1, 0.15) is 23.7 Å². The van der Waals surface area contributed by atoms with Gasteiger partial charge >= 0.3 is 5.97 Å². The smallest absolute Gasteiger partial charge is 0.313 e. The molecule has 6 nitrogen and oxygen atoms in total. The van der Waals surface area contributed by atoms with Gasteiger partial charge in [0.25, 0.3) is 0 Å². The molecule has 0 aliphatic carbocycles. The lowest BCUT2D eigenvalue weighted by Crippen LogP contribution is -2.13. The number of hydrazine groups is 1. The number of Topliss-reactive ketones (excluding diaryl/α,β-unsaturated/α-hetero) is 1. The minimum absolute atomic E-state index is 0.254. The summed E-state index contributed by atoms with van der Waals surface area (Å²) in [7, 11) is 0. The zero-order chi connectivity index (χ0) is 12.8. The first kappa shape index (κ1) is 13.0. The fourth-order valence-electron chi connectivity index (χ4n) is 1.31. The van der Waals surface area contributed by atoms with Gasteiger partial charge in [0, 0.05) is 5.56 Å². The van der Waals surface area contributed by atoms with Crippen molar-refractivity contribution in [2.75, 3.05) is 17.8 Å². The third-order valence-corrected chi connectivity index (χ3v) is 2.14. The lowest BCUT2D eigenvalue weighted by Gasteiger charge is -2.06. The van der Waals surface area contributed by atoms with Gasteiger partial charge in [-0.15, -0.1) is 0 Å². The minimum Gasteiger partial charge on any atom is -0.466 e. The Morgan fingerprint density at radius 3 is 2.65 bits per heavy atom. The molecule has 0 unspecified atom stereocenters. The summed E-state index contributed by atoms with van der Waals surface area (Å²) < 4.78 is 4.69. The lowest BCUT2D eigenvalue weighted by atomic mass is 10.1. The number of carbonyl (C=O) groups excluding carboxylic acids is 2. The van der Waals surface area contributed by atoms with E-state index in [0.717, 1.165) is 0 Å². The maximum atomic E-state index is 11.7. The van der Waals surface area contributed by atoms with Crippen LogP contribution in [0.2, 0.25) is 0 Å². The van der Waals surface area contributed by atoms with Crippen LogP contribution in [0.25, 0.3) is 0 Å². The molecule has 5 N–H and O–H groups in total. The molecule has 0 aliphatic heterocycles. The molecular weight excluding hydrogens is 222 g/mol. The van der Waals surface area contributed by atoms with Crippen LogP contribution in [0, 0.1) is 0 Å². The first-order valence-corrected chi connectivity index (χ1v) is 5.13. The van der Waals surface area contributed by atoms with Gasteiger partial charge in [-0.2, -0.15) is 0 Å². The standard InChI is InChI=1S/C11H15N3O3/c1-2-17-11(16)6-10(15)7-3-4-9(14-13)8(12)5-7/h3-5,14H,2,6,12-13H2,1H3. The number of anilines is 2.